The quantitative estimate of drug-likeness (QED) is 0.669. The van der Waals surface area contributed by atoms with E-state index in [1.165, 1.54) is 23.4 Å². The minimum Gasteiger partial charge on any atom is -0.222 e. The summed E-state index contributed by atoms with van der Waals surface area (Å²) in [4.78, 5) is 5.70. The van der Waals surface area contributed by atoms with Crippen molar-refractivity contribution >= 4 is 16.3 Å². The first kappa shape index (κ1) is 10.3. The van der Waals surface area contributed by atoms with Crippen molar-refractivity contribution in [2.24, 2.45) is 0 Å². The van der Waals surface area contributed by atoms with Crippen LogP contribution in [0.15, 0.2) is 35.8 Å². The van der Waals surface area contributed by atoms with E-state index >= 15 is 0 Å². The minimum absolute atomic E-state index is 0.611. The second-order valence-corrected chi connectivity index (χ2v) is 5.60. The van der Waals surface area contributed by atoms with E-state index in [9.17, 15) is 0 Å². The second-order valence-electron chi connectivity index (χ2n) is 4.79. The second kappa shape index (κ2) is 3.92. The van der Waals surface area contributed by atoms with E-state index in [0.717, 1.165) is 17.8 Å². The number of hydrogen-bond acceptors (Lipinski definition) is 3. The summed E-state index contributed by atoms with van der Waals surface area (Å²) in [5.41, 5.74) is 5.87. The molecule has 4 heteroatoms. The van der Waals surface area contributed by atoms with Crippen molar-refractivity contribution in [2.75, 3.05) is 0 Å². The zero-order valence-corrected chi connectivity index (χ0v) is 10.7. The fourth-order valence-electron chi connectivity index (χ4n) is 2.84. The average Bonchev–Trinajstić information content (AvgIpc) is 2.99. The molecule has 2 heterocycles. The van der Waals surface area contributed by atoms with Crippen LogP contribution in [0, 0.1) is 0 Å². The number of aryl methyl sites for hydroxylation is 1. The van der Waals surface area contributed by atoms with Gasteiger partial charge in [-0.1, -0.05) is 41.7 Å². The molecule has 0 bridgehead atoms. The zero-order chi connectivity index (χ0) is 11.9. The lowest BCUT2D eigenvalue weighted by atomic mass is 9.84. The molecule has 18 heavy (non-hydrogen) atoms. The van der Waals surface area contributed by atoms with Crippen LogP contribution in [0.2, 0.25) is 0 Å². The normalized spacial score (nSPS) is 19.0. The maximum atomic E-state index is 4.66. The predicted molar refractivity (Wildman–Crippen MR) is 72.1 cm³/mol. The van der Waals surface area contributed by atoms with Gasteiger partial charge < -0.3 is 0 Å². The molecule has 3 aromatic rings. The predicted octanol–water partition coefficient (Wildman–Crippen LogP) is 3.06. The summed E-state index contributed by atoms with van der Waals surface area (Å²) >= 11 is 1.62. The third kappa shape index (κ3) is 1.49. The van der Waals surface area contributed by atoms with E-state index in [4.69, 9.17) is 0 Å². The van der Waals surface area contributed by atoms with Gasteiger partial charge in [0.05, 0.1) is 11.4 Å². The Hall–Kier alpha value is -1.68. The molecule has 2 aromatic heterocycles. The van der Waals surface area contributed by atoms with Gasteiger partial charge in [-0.15, -0.1) is 0 Å². The lowest BCUT2D eigenvalue weighted by Crippen LogP contribution is -2.14. The lowest BCUT2D eigenvalue weighted by molar-refractivity contribution is 0.562. The third-order valence-electron chi connectivity index (χ3n) is 3.76. The van der Waals surface area contributed by atoms with Crippen molar-refractivity contribution in [1.82, 2.24) is 14.6 Å². The van der Waals surface area contributed by atoms with E-state index in [0.29, 0.717) is 5.92 Å². The zero-order valence-electron chi connectivity index (χ0n) is 9.91. The minimum atomic E-state index is 0.611. The number of aromatic nitrogens is 3. The van der Waals surface area contributed by atoms with Crippen molar-refractivity contribution in [3.8, 4) is 0 Å². The van der Waals surface area contributed by atoms with E-state index in [-0.39, 0.29) is 0 Å². The van der Waals surface area contributed by atoms with Crippen LogP contribution in [0.1, 0.15) is 29.3 Å². The molecule has 0 fully saturated rings. The van der Waals surface area contributed by atoms with Crippen LogP contribution in [-0.2, 0) is 12.8 Å². The standard InChI is InChI=1S/C14H13N3S/c1-2-4-10(5-3-1)11-6-7-12-13(8-11)17-14(16-12)18-9-15-17/h1-5,9,11H,6-8H2. The summed E-state index contributed by atoms with van der Waals surface area (Å²) in [7, 11) is 0. The van der Waals surface area contributed by atoms with E-state index in [2.05, 4.69) is 40.4 Å². The molecule has 0 spiro atoms. The van der Waals surface area contributed by atoms with Gasteiger partial charge >= 0.3 is 0 Å². The van der Waals surface area contributed by atoms with Gasteiger partial charge in [-0.05, 0) is 30.7 Å². The molecule has 0 amide bonds. The SMILES string of the molecule is c1ccc(C2CCc3nc4scnn4c3C2)cc1. The fourth-order valence-corrected chi connectivity index (χ4v) is 3.49. The molecule has 1 aliphatic rings. The summed E-state index contributed by atoms with van der Waals surface area (Å²) < 4.78 is 2.02. The van der Waals surface area contributed by atoms with Crippen LogP contribution in [0.4, 0.5) is 0 Å². The highest BCUT2D eigenvalue weighted by molar-refractivity contribution is 7.14. The Morgan fingerprint density at radius 1 is 1.22 bits per heavy atom. The number of imidazole rings is 1. The highest BCUT2D eigenvalue weighted by atomic mass is 32.1. The molecular weight excluding hydrogens is 242 g/mol. The number of fused-ring (bicyclic) bond motifs is 3. The molecule has 1 atom stereocenters. The van der Waals surface area contributed by atoms with Crippen LogP contribution in [0.5, 0.6) is 0 Å². The molecule has 3 nitrogen and oxygen atoms in total. The van der Waals surface area contributed by atoms with Gasteiger partial charge in [0.25, 0.3) is 0 Å². The van der Waals surface area contributed by atoms with Crippen LogP contribution < -0.4 is 0 Å². The highest BCUT2D eigenvalue weighted by Crippen LogP contribution is 2.33. The first-order valence-corrected chi connectivity index (χ1v) is 7.15. The van der Waals surface area contributed by atoms with Gasteiger partial charge in [-0.2, -0.15) is 5.10 Å². The first-order valence-electron chi connectivity index (χ1n) is 6.27. The Balaban J connectivity index is 1.75. The van der Waals surface area contributed by atoms with Gasteiger partial charge in [0.1, 0.15) is 5.51 Å². The number of benzene rings is 1. The monoisotopic (exact) mass is 255 g/mol. The number of nitrogens with zero attached hydrogens (tertiary/aromatic N) is 3. The Morgan fingerprint density at radius 3 is 3.00 bits per heavy atom. The number of rotatable bonds is 1. The van der Waals surface area contributed by atoms with E-state index < -0.39 is 0 Å². The summed E-state index contributed by atoms with van der Waals surface area (Å²) in [6, 6.07) is 10.8. The number of hydrogen-bond donors (Lipinski definition) is 0. The Morgan fingerprint density at radius 2 is 2.11 bits per heavy atom. The van der Waals surface area contributed by atoms with Crippen molar-refractivity contribution in [1.29, 1.82) is 0 Å². The van der Waals surface area contributed by atoms with Crippen molar-refractivity contribution in [3.63, 3.8) is 0 Å². The molecule has 1 aromatic carbocycles. The van der Waals surface area contributed by atoms with E-state index in [1.54, 1.807) is 11.3 Å². The molecule has 1 aliphatic carbocycles. The summed E-state index contributed by atoms with van der Waals surface area (Å²) in [5, 5.41) is 4.39. The van der Waals surface area contributed by atoms with Gasteiger partial charge in [-0.3, -0.25) is 0 Å². The maximum absolute atomic E-state index is 4.66. The smallest absolute Gasteiger partial charge is 0.212 e. The third-order valence-corrected chi connectivity index (χ3v) is 4.44. The van der Waals surface area contributed by atoms with Crippen LogP contribution in [0.25, 0.3) is 4.96 Å². The van der Waals surface area contributed by atoms with Gasteiger partial charge in [0.2, 0.25) is 4.96 Å². The Kier molecular flexibility index (Phi) is 2.23. The van der Waals surface area contributed by atoms with E-state index in [1.807, 2.05) is 10.0 Å². The van der Waals surface area contributed by atoms with Gasteiger partial charge in [0, 0.05) is 0 Å². The molecule has 1 unspecified atom stereocenters. The molecule has 90 valence electrons. The molecule has 0 saturated heterocycles. The lowest BCUT2D eigenvalue weighted by Gasteiger charge is -2.21. The molecule has 0 radical (unpaired) electrons. The van der Waals surface area contributed by atoms with Crippen LogP contribution in [0.3, 0.4) is 0 Å². The Bertz CT molecular complexity index is 683. The maximum Gasteiger partial charge on any atom is 0.212 e. The molecule has 0 aliphatic heterocycles. The molecule has 4 rings (SSSR count). The van der Waals surface area contributed by atoms with Crippen molar-refractivity contribution in [2.45, 2.75) is 25.2 Å². The van der Waals surface area contributed by atoms with Crippen LogP contribution in [-0.4, -0.2) is 14.6 Å². The van der Waals surface area contributed by atoms with Gasteiger partial charge in [0.15, 0.2) is 0 Å². The van der Waals surface area contributed by atoms with Gasteiger partial charge in [-0.25, -0.2) is 9.50 Å². The van der Waals surface area contributed by atoms with Crippen LogP contribution >= 0.6 is 11.3 Å². The summed E-state index contributed by atoms with van der Waals surface area (Å²) in [5.74, 6) is 0.611. The summed E-state index contributed by atoms with van der Waals surface area (Å²) in [6.07, 6.45) is 3.33. The molecular formula is C14H13N3S. The van der Waals surface area contributed by atoms with Crippen molar-refractivity contribution < 1.29 is 0 Å². The largest absolute Gasteiger partial charge is 0.222 e. The summed E-state index contributed by atoms with van der Waals surface area (Å²) in [6.45, 7) is 0. The highest BCUT2D eigenvalue weighted by Gasteiger charge is 2.25. The Labute approximate surface area is 109 Å². The fraction of sp³-hybridized carbons (Fsp3) is 0.286. The average molecular weight is 255 g/mol. The molecule has 0 N–H and O–H groups in total. The molecule has 0 saturated carbocycles. The first-order chi connectivity index (χ1) is 8.92. The topological polar surface area (TPSA) is 30.2 Å². The van der Waals surface area contributed by atoms with Crippen molar-refractivity contribution in [3.05, 3.63) is 52.8 Å².